The minimum atomic E-state index is -0.249. The van der Waals surface area contributed by atoms with Crippen molar-refractivity contribution in [2.45, 2.75) is 52.0 Å². The van der Waals surface area contributed by atoms with Crippen molar-refractivity contribution in [1.29, 1.82) is 0 Å². The molecule has 0 radical (unpaired) electrons. The molecule has 178 valence electrons. The minimum Gasteiger partial charge on any atom is -0.462 e. The summed E-state index contributed by atoms with van der Waals surface area (Å²) in [6.07, 6.45) is 6.65. The molecule has 8 heteroatoms. The number of anilines is 1. The minimum absolute atomic E-state index is 0.195. The second-order valence-corrected chi connectivity index (χ2v) is 10.2. The summed E-state index contributed by atoms with van der Waals surface area (Å²) in [4.78, 5) is 18.6. The number of aryl methyl sites for hydroxylation is 1. The number of benzene rings is 1. The van der Waals surface area contributed by atoms with E-state index in [2.05, 4.69) is 15.1 Å². The molecule has 1 aromatic carbocycles. The second kappa shape index (κ2) is 11.4. The van der Waals surface area contributed by atoms with E-state index in [9.17, 15) is 9.18 Å². The van der Waals surface area contributed by atoms with Crippen LogP contribution in [0.3, 0.4) is 0 Å². The summed E-state index contributed by atoms with van der Waals surface area (Å²) in [5.41, 5.74) is 2.83. The van der Waals surface area contributed by atoms with Gasteiger partial charge in [-0.1, -0.05) is 25.0 Å². The Morgan fingerprint density at radius 1 is 1.15 bits per heavy atom. The molecule has 0 unspecified atom stereocenters. The highest BCUT2D eigenvalue weighted by Crippen LogP contribution is 2.37. The van der Waals surface area contributed by atoms with Crippen molar-refractivity contribution in [3.05, 3.63) is 51.7 Å². The number of halogens is 1. The molecule has 1 aromatic heterocycles. The van der Waals surface area contributed by atoms with Crippen LogP contribution in [-0.2, 0) is 24.1 Å². The van der Waals surface area contributed by atoms with Crippen LogP contribution in [0.4, 0.5) is 9.39 Å². The lowest BCUT2D eigenvalue weighted by atomic mass is 9.96. The number of nitrogens with zero attached hydrogens (tertiary/aromatic N) is 2. The molecular formula is C25H32FN3O2S2. The molecule has 0 atom stereocenters. The van der Waals surface area contributed by atoms with Crippen molar-refractivity contribution in [2.75, 3.05) is 38.1 Å². The number of carbonyl (C=O) groups is 1. The van der Waals surface area contributed by atoms with E-state index < -0.39 is 0 Å². The summed E-state index contributed by atoms with van der Waals surface area (Å²) in [7, 11) is 0. The van der Waals surface area contributed by atoms with Crippen molar-refractivity contribution in [3.8, 4) is 0 Å². The molecule has 0 amide bonds. The molecule has 4 rings (SSSR count). The zero-order valence-corrected chi connectivity index (χ0v) is 20.8. The molecule has 1 saturated heterocycles. The van der Waals surface area contributed by atoms with E-state index in [1.807, 2.05) is 13.0 Å². The number of nitrogens with one attached hydrogen (secondary N) is 1. The van der Waals surface area contributed by atoms with Gasteiger partial charge in [0.2, 0.25) is 0 Å². The van der Waals surface area contributed by atoms with Gasteiger partial charge in [0.15, 0.2) is 5.11 Å². The quantitative estimate of drug-likeness (QED) is 0.458. The Morgan fingerprint density at radius 3 is 2.64 bits per heavy atom. The molecular weight excluding hydrogens is 457 g/mol. The van der Waals surface area contributed by atoms with E-state index in [-0.39, 0.29) is 11.8 Å². The van der Waals surface area contributed by atoms with Gasteiger partial charge in [-0.2, -0.15) is 0 Å². The lowest BCUT2D eigenvalue weighted by molar-refractivity contribution is 0.0526. The third kappa shape index (κ3) is 6.11. The fourth-order valence-electron chi connectivity index (χ4n) is 4.61. The number of esters is 1. The molecule has 2 aliphatic rings. The van der Waals surface area contributed by atoms with Gasteiger partial charge < -0.3 is 15.0 Å². The van der Waals surface area contributed by atoms with Crippen LogP contribution in [0.2, 0.25) is 0 Å². The number of piperazine rings is 1. The smallest absolute Gasteiger partial charge is 0.341 e. The topological polar surface area (TPSA) is 44.8 Å². The first-order valence-electron chi connectivity index (χ1n) is 11.9. The molecule has 1 aliphatic carbocycles. The Kier molecular flexibility index (Phi) is 8.33. The van der Waals surface area contributed by atoms with Gasteiger partial charge in [0, 0.05) is 37.6 Å². The normalized spacial score (nSPS) is 17.1. The first-order valence-corrected chi connectivity index (χ1v) is 13.1. The van der Waals surface area contributed by atoms with Crippen molar-refractivity contribution < 1.29 is 13.9 Å². The Hall–Kier alpha value is -2.03. The Morgan fingerprint density at radius 2 is 1.91 bits per heavy atom. The zero-order valence-electron chi connectivity index (χ0n) is 19.2. The molecule has 0 bridgehead atoms. The van der Waals surface area contributed by atoms with Crippen LogP contribution in [0.25, 0.3) is 0 Å². The van der Waals surface area contributed by atoms with Crippen LogP contribution in [-0.4, -0.2) is 53.7 Å². The maximum Gasteiger partial charge on any atom is 0.341 e. The number of hydrogen-bond acceptors (Lipinski definition) is 5. The van der Waals surface area contributed by atoms with Gasteiger partial charge in [-0.15, -0.1) is 11.3 Å². The Balaban J connectivity index is 1.41. The number of thiophene rings is 1. The predicted molar refractivity (Wildman–Crippen MR) is 136 cm³/mol. The number of hydrogen-bond donors (Lipinski definition) is 1. The molecule has 5 nitrogen and oxygen atoms in total. The Labute approximate surface area is 204 Å². The molecule has 1 N–H and O–H groups in total. The molecule has 2 aromatic rings. The fourth-order valence-corrected chi connectivity index (χ4v) is 6.23. The van der Waals surface area contributed by atoms with Crippen LogP contribution in [0.15, 0.2) is 24.3 Å². The lowest BCUT2D eigenvalue weighted by Crippen LogP contribution is -2.49. The first-order chi connectivity index (χ1) is 16.0. The van der Waals surface area contributed by atoms with Crippen LogP contribution >= 0.6 is 23.6 Å². The highest BCUT2D eigenvalue weighted by atomic mass is 32.1. The van der Waals surface area contributed by atoms with Crippen molar-refractivity contribution >= 4 is 39.6 Å². The maximum atomic E-state index is 13.5. The number of fused-ring (bicyclic) bond motifs is 1. The van der Waals surface area contributed by atoms with E-state index in [1.165, 1.54) is 23.8 Å². The number of thiocarbonyl (C=S) groups is 1. The standard InChI is InChI=1S/C25H32FN3O2S2/c1-2-31-24(30)22-20-10-5-3-4-6-11-21(20)33-23(22)27-25(32)29-14-12-28(13-15-29)17-18-8-7-9-19(26)16-18/h7-9,16H,2-6,10-15,17H2,1H3,(H,27,32). The van der Waals surface area contributed by atoms with Crippen LogP contribution in [0.1, 0.15) is 59.0 Å². The highest BCUT2D eigenvalue weighted by Gasteiger charge is 2.27. The van der Waals surface area contributed by atoms with Gasteiger partial charge in [0.25, 0.3) is 0 Å². The summed E-state index contributed by atoms with van der Waals surface area (Å²) in [5, 5.41) is 4.88. The fraction of sp³-hybridized carbons (Fsp3) is 0.520. The largest absolute Gasteiger partial charge is 0.462 e. The summed E-state index contributed by atoms with van der Waals surface area (Å²) >= 11 is 7.41. The molecule has 0 saturated carbocycles. The molecule has 33 heavy (non-hydrogen) atoms. The van der Waals surface area contributed by atoms with Crippen molar-refractivity contribution in [1.82, 2.24) is 9.80 Å². The number of carbonyl (C=O) groups excluding carboxylic acids is 1. The average Bonchev–Trinajstić information content (AvgIpc) is 3.10. The van der Waals surface area contributed by atoms with Crippen LogP contribution in [0.5, 0.6) is 0 Å². The predicted octanol–water partition coefficient (Wildman–Crippen LogP) is 5.24. The third-order valence-electron chi connectivity index (χ3n) is 6.33. The van der Waals surface area contributed by atoms with Crippen LogP contribution < -0.4 is 5.32 Å². The summed E-state index contributed by atoms with van der Waals surface area (Å²) in [6, 6.07) is 6.79. The van der Waals surface area contributed by atoms with E-state index in [4.69, 9.17) is 17.0 Å². The molecule has 1 fully saturated rings. The van der Waals surface area contributed by atoms with E-state index >= 15 is 0 Å². The first kappa shape index (κ1) is 24.1. The van der Waals surface area contributed by atoms with Crippen molar-refractivity contribution in [3.63, 3.8) is 0 Å². The van der Waals surface area contributed by atoms with Crippen LogP contribution in [0, 0.1) is 5.82 Å². The summed E-state index contributed by atoms with van der Waals surface area (Å²) < 4.78 is 18.9. The second-order valence-electron chi connectivity index (χ2n) is 8.67. The molecule has 0 spiro atoms. The SMILES string of the molecule is CCOC(=O)c1c(NC(=S)N2CCN(Cc3cccc(F)c3)CC2)sc2c1CCCCCC2. The summed E-state index contributed by atoms with van der Waals surface area (Å²) in [6.45, 7) is 6.22. The lowest BCUT2D eigenvalue weighted by Gasteiger charge is -2.36. The van der Waals surface area contributed by atoms with Gasteiger partial charge in [-0.25, -0.2) is 9.18 Å². The molecule has 2 heterocycles. The average molecular weight is 490 g/mol. The molecule has 1 aliphatic heterocycles. The highest BCUT2D eigenvalue weighted by molar-refractivity contribution is 7.80. The monoisotopic (exact) mass is 489 g/mol. The zero-order chi connectivity index (χ0) is 23.2. The third-order valence-corrected chi connectivity index (χ3v) is 7.89. The van der Waals surface area contributed by atoms with Gasteiger partial charge in [0.05, 0.1) is 12.2 Å². The van der Waals surface area contributed by atoms with E-state index in [0.717, 1.165) is 74.5 Å². The maximum absolute atomic E-state index is 13.5. The van der Waals surface area contributed by atoms with Gasteiger partial charge in [0.1, 0.15) is 10.8 Å². The number of ether oxygens (including phenoxy) is 1. The van der Waals surface area contributed by atoms with Gasteiger partial charge in [-0.05, 0) is 68.1 Å². The van der Waals surface area contributed by atoms with E-state index in [0.29, 0.717) is 17.3 Å². The van der Waals surface area contributed by atoms with Gasteiger partial charge in [-0.3, -0.25) is 4.90 Å². The van der Waals surface area contributed by atoms with E-state index in [1.54, 1.807) is 23.5 Å². The Bertz CT molecular complexity index is 986. The van der Waals surface area contributed by atoms with Crippen molar-refractivity contribution in [2.24, 2.45) is 0 Å². The van der Waals surface area contributed by atoms with Gasteiger partial charge >= 0.3 is 5.97 Å². The summed E-state index contributed by atoms with van der Waals surface area (Å²) in [5.74, 6) is -0.445. The number of rotatable bonds is 5.